The van der Waals surface area contributed by atoms with E-state index in [0.29, 0.717) is 110 Å². The van der Waals surface area contributed by atoms with E-state index in [1.807, 2.05) is 0 Å². The molecule has 2 amide bonds. The number of nitrogens with one attached hydrogen (secondary N) is 2. The molecule has 0 heterocycles. The number of rotatable bonds is 21. The lowest BCUT2D eigenvalue weighted by Crippen LogP contribution is -2.62. The van der Waals surface area contributed by atoms with Crippen LogP contribution in [0.1, 0.15) is 321 Å². The zero-order valence-electron chi connectivity index (χ0n) is 78.0. The highest BCUT2D eigenvalue weighted by molar-refractivity contribution is 7.85. The number of carboxylic acids is 3. The first-order chi connectivity index (χ1) is 58.5. The molecule has 125 heavy (non-hydrogen) atoms. The normalized spacial score (nSPS) is 49.4. The molecule has 0 spiro atoms. The summed E-state index contributed by atoms with van der Waals surface area (Å²) in [7, 11) is -4.10. The summed E-state index contributed by atoms with van der Waals surface area (Å²) >= 11 is 0. The summed E-state index contributed by atoms with van der Waals surface area (Å²) < 4.78 is 30.5. The van der Waals surface area contributed by atoms with Gasteiger partial charge >= 0.3 is 17.9 Å². The van der Waals surface area contributed by atoms with Crippen LogP contribution in [-0.2, 0) is 34.1 Å². The van der Waals surface area contributed by atoms with Crippen molar-refractivity contribution in [2.45, 2.75) is 388 Å². The SMILES string of the molecule is C[C@H](CCC(=O)NCC(=O)O)[C@H]1CC[C@H]2[C@@H]3[C@H](O)C[C@@H]4C[C@H](O)CC[C@]4(C)[C@H]3C[C@H](O)[C@]12C.C[C@H](CCC(=O)NCCS(=O)(=O)O)[C@H]1CC[C@H]2[C@@H]3[C@H](O)C[C@@H]4C[C@H](O)CC[C@]4(C)[C@H]3C[C@H](O)[C@]12C.C[C@H](CCC(=O)O)[C@H]1CC[C@H]2[C@@H]3[C@H](O)C[C@@H]4C[C@H](O)CC[C@]4(C)[C@H]3CC[C@]12C.C[C@H](CCC(=O)O)[C@H]1CC[C@H]2[C@@H]3[C@H](O)C[C@@H]4C[C@H](O)CC[C@]4(C)[C@H]3C[C@H](O)[C@]12C. The number of hydrogen-bond acceptors (Lipinski definition) is 18. The molecule has 43 atom stereocenters. The monoisotopic (exact) mass is 1780 g/mol. The van der Waals surface area contributed by atoms with Crippen molar-refractivity contribution in [3.63, 3.8) is 0 Å². The molecule has 0 aromatic carbocycles. The maximum absolute atomic E-state index is 12.2. The Morgan fingerprint density at radius 1 is 0.320 bits per heavy atom. The second-order valence-corrected chi connectivity index (χ2v) is 49.3. The van der Waals surface area contributed by atoms with Crippen molar-refractivity contribution in [3.8, 4) is 0 Å². The average molecular weight is 1780 g/mol. The smallest absolute Gasteiger partial charge is 0.322 e. The Balaban J connectivity index is 0.000000144. The molecule has 16 fully saturated rings. The molecule has 16 aliphatic carbocycles. The predicted molar refractivity (Wildman–Crippen MR) is 474 cm³/mol. The molecule has 25 heteroatoms. The Morgan fingerprint density at radius 3 is 0.912 bits per heavy atom. The fourth-order valence-corrected chi connectivity index (χ4v) is 35.8. The largest absolute Gasteiger partial charge is 0.481 e. The van der Waals surface area contributed by atoms with Crippen LogP contribution in [0, 0.1) is 185 Å². The van der Waals surface area contributed by atoms with Gasteiger partial charge in [0.05, 0.1) is 72.9 Å². The maximum atomic E-state index is 12.2. The van der Waals surface area contributed by atoms with Crippen LogP contribution in [0.4, 0.5) is 0 Å². The van der Waals surface area contributed by atoms with E-state index in [0.717, 1.165) is 154 Å². The van der Waals surface area contributed by atoms with Gasteiger partial charge in [-0.15, -0.1) is 0 Å². The molecule has 0 bridgehead atoms. The lowest BCUT2D eigenvalue weighted by molar-refractivity contribution is -0.207. The molecule has 17 N–H and O–H groups in total. The quantitative estimate of drug-likeness (QED) is 0.0475. The molecule has 24 nitrogen and oxygen atoms in total. The van der Waals surface area contributed by atoms with Crippen LogP contribution in [0.5, 0.6) is 0 Å². The van der Waals surface area contributed by atoms with Crippen molar-refractivity contribution in [2.24, 2.45) is 185 Å². The molecule has 716 valence electrons. The number of fused-ring (bicyclic) bond motifs is 20. The van der Waals surface area contributed by atoms with Gasteiger partial charge in [0.2, 0.25) is 11.8 Å². The van der Waals surface area contributed by atoms with E-state index >= 15 is 0 Å². The highest BCUT2D eigenvalue weighted by Gasteiger charge is 2.71. The Labute approximate surface area is 746 Å². The lowest BCUT2D eigenvalue weighted by Gasteiger charge is -2.63. The van der Waals surface area contributed by atoms with Gasteiger partial charge in [-0.2, -0.15) is 8.42 Å². The van der Waals surface area contributed by atoms with Crippen molar-refractivity contribution in [1.82, 2.24) is 10.6 Å². The summed E-state index contributed by atoms with van der Waals surface area (Å²) in [6.45, 7) is 26.8. The predicted octanol–water partition coefficient (Wildman–Crippen LogP) is 12.9. The van der Waals surface area contributed by atoms with Gasteiger partial charge in [-0.3, -0.25) is 28.5 Å². The van der Waals surface area contributed by atoms with E-state index in [2.05, 4.69) is 93.7 Å². The van der Waals surface area contributed by atoms with Gasteiger partial charge in [0.15, 0.2) is 0 Å². The lowest BCUT2D eigenvalue weighted by atomic mass is 9.43. The van der Waals surface area contributed by atoms with E-state index in [1.54, 1.807) is 0 Å². The van der Waals surface area contributed by atoms with Crippen LogP contribution in [0.2, 0.25) is 0 Å². The van der Waals surface area contributed by atoms with Crippen molar-refractivity contribution in [3.05, 3.63) is 0 Å². The standard InChI is InChI=1S/C26H45NO7S.C26H43NO6.C24H40O5.C24H40O4/c1-15(4-7-23(31)27-10-11-35(32,33)34)18-5-6-19-24-20(14-22(30)26(18,19)3)25(2)9-8-17(28)12-16(25)13-21(24)29;1-14(4-7-22(31)27-13-23(32)33)17-5-6-18-24-19(12-21(30)26(17,18)3)25(2)9-8-16(28)10-15(25)11-20(24)29;1-13(4-7-21(28)29)16-5-6-17-22-18(12-20(27)24(16,17)3)23(2)9-8-15(25)10-14(23)11-19(22)26;1-14(4-7-21(27)28)17-5-6-18-22-19(9-11-24(17,18)3)23(2)10-8-16(25)12-15(23)13-20(22)26/h15-22,24,28-30H,4-14H2,1-3H3,(H,27,31)(H,32,33,34);14-21,24,28-30H,4-13H2,1-3H3,(H,27,31)(H,32,33);13-20,22,25-27H,4-12H2,1-3H3,(H,28,29);14-20,22,25-26H,4-13H2,1-3H3,(H,27,28)/t15-,16+,17-,18-,19+,20+,21-,22+,24+,25+,26-;14-,15+,16-,17-,18+,19+,20-,21+,24+,25+,26-;13-,14+,15-,16-,17+,18+,19-,20+,22+,23+,24-;14-,15+,16-,17-,18+,19+,20-,22+,23+,24-/m1111/s1. The van der Waals surface area contributed by atoms with Crippen LogP contribution in [0.3, 0.4) is 0 Å². The van der Waals surface area contributed by atoms with E-state index < -0.39 is 58.2 Å². The van der Waals surface area contributed by atoms with Gasteiger partial charge in [0.25, 0.3) is 10.1 Å². The minimum Gasteiger partial charge on any atom is -0.481 e. The summed E-state index contributed by atoms with van der Waals surface area (Å²) in [5, 5.41) is 153. The fraction of sp³-hybridized carbons (Fsp3) is 0.950. The van der Waals surface area contributed by atoms with E-state index in [9.17, 15) is 88.6 Å². The van der Waals surface area contributed by atoms with Crippen LogP contribution in [0.25, 0.3) is 0 Å². The average Bonchev–Trinajstić information content (AvgIpc) is 1.67. The molecular formula is C100H168N2O22S. The molecule has 0 aromatic heterocycles. The molecule has 0 unspecified atom stereocenters. The third-order valence-corrected chi connectivity index (χ3v) is 43.1. The zero-order valence-corrected chi connectivity index (χ0v) is 78.8. The van der Waals surface area contributed by atoms with E-state index in [4.69, 9.17) is 19.9 Å². The van der Waals surface area contributed by atoms with E-state index in [1.165, 1.54) is 25.7 Å². The second-order valence-electron chi connectivity index (χ2n) is 47.7. The van der Waals surface area contributed by atoms with Gasteiger partial charge in [0, 0.05) is 32.2 Å². The van der Waals surface area contributed by atoms with Crippen LogP contribution < -0.4 is 10.6 Å². The summed E-state index contributed by atoms with van der Waals surface area (Å²) in [5.41, 5.74) is -0.0890. The molecule has 0 radical (unpaired) electrons. The minimum atomic E-state index is -4.10. The number of carbonyl (C=O) groups excluding carboxylic acids is 2. The molecule has 0 aliphatic heterocycles. The number of carbonyl (C=O) groups is 5. The Hall–Kier alpha value is -3.18. The zero-order chi connectivity index (χ0) is 91.3. The van der Waals surface area contributed by atoms with Crippen LogP contribution >= 0.6 is 0 Å². The first kappa shape index (κ1) is 99.3. The molecule has 0 saturated heterocycles. The fourth-order valence-electron chi connectivity index (χ4n) is 35.5. The highest BCUT2D eigenvalue weighted by Crippen LogP contribution is 2.74. The first-order valence-corrected chi connectivity index (χ1v) is 51.7. The number of aliphatic carboxylic acids is 3. The third kappa shape index (κ3) is 18.8. The van der Waals surface area contributed by atoms with Gasteiger partial charge < -0.3 is 82.1 Å². The van der Waals surface area contributed by atoms with Crippen molar-refractivity contribution >= 4 is 39.8 Å². The van der Waals surface area contributed by atoms with Gasteiger partial charge in [0.1, 0.15) is 6.54 Å². The maximum Gasteiger partial charge on any atom is 0.322 e. The van der Waals surface area contributed by atoms with Crippen LogP contribution in [0.15, 0.2) is 0 Å². The Kier molecular flexibility index (Phi) is 30.4. The van der Waals surface area contributed by atoms with Crippen LogP contribution in [-0.4, -0.2) is 200 Å². The molecular weight excluding hydrogens is 1610 g/mol. The Morgan fingerprint density at radius 2 is 0.592 bits per heavy atom. The number of amides is 2. The number of hydrogen-bond donors (Lipinski definition) is 17. The number of aliphatic hydroxyl groups is 11. The summed E-state index contributed by atoms with van der Waals surface area (Å²) in [4.78, 5) is 57.1. The van der Waals surface area contributed by atoms with Gasteiger partial charge in [-0.25, -0.2) is 0 Å². The van der Waals surface area contributed by atoms with Gasteiger partial charge in [-0.05, 0) is 397 Å². The minimum absolute atomic E-state index is 0.0509. The van der Waals surface area contributed by atoms with Crippen molar-refractivity contribution in [1.29, 1.82) is 0 Å². The van der Waals surface area contributed by atoms with Crippen molar-refractivity contribution in [2.75, 3.05) is 18.8 Å². The number of carboxylic acid groups (broad SMARTS) is 3. The van der Waals surface area contributed by atoms with Gasteiger partial charge in [-0.1, -0.05) is 83.1 Å². The summed E-state index contributed by atoms with van der Waals surface area (Å²) in [5.74, 6) is 4.32. The summed E-state index contributed by atoms with van der Waals surface area (Å²) in [6, 6.07) is 0. The molecule has 0 aromatic rings. The highest BCUT2D eigenvalue weighted by atomic mass is 32.2. The molecule has 16 rings (SSSR count). The Bertz CT molecular complexity index is 3860. The summed E-state index contributed by atoms with van der Waals surface area (Å²) in [6.07, 6.45) is 26.7. The topological polar surface area (TPSA) is 447 Å². The molecule has 16 aliphatic rings. The first-order valence-electron chi connectivity index (χ1n) is 50.1. The number of aliphatic hydroxyl groups excluding tert-OH is 11. The third-order valence-electron chi connectivity index (χ3n) is 42.4. The molecule has 16 saturated carbocycles. The van der Waals surface area contributed by atoms with Crippen molar-refractivity contribution < 1.29 is 108 Å². The van der Waals surface area contributed by atoms with E-state index in [-0.39, 0.29) is 201 Å². The second kappa shape index (κ2) is 38.3.